The van der Waals surface area contributed by atoms with Crippen LogP contribution in [0.5, 0.6) is 0 Å². The predicted octanol–water partition coefficient (Wildman–Crippen LogP) is 3.19. The third kappa shape index (κ3) is 4.11. The molecule has 0 heterocycles. The summed E-state index contributed by atoms with van der Waals surface area (Å²) in [5.74, 6) is -0.561. The molecular weight excluding hydrogens is 344 g/mol. The Bertz CT molecular complexity index is 733. The van der Waals surface area contributed by atoms with Crippen molar-refractivity contribution in [1.29, 1.82) is 5.26 Å². The third-order valence-electron chi connectivity index (χ3n) is 2.76. The molecule has 4 N–H and O–H groups in total. The lowest BCUT2D eigenvalue weighted by Crippen LogP contribution is -2.21. The van der Waals surface area contributed by atoms with Crippen LogP contribution in [0.15, 0.2) is 70.5 Å². The van der Waals surface area contributed by atoms with E-state index in [9.17, 15) is 10.1 Å². The van der Waals surface area contributed by atoms with E-state index in [1.165, 1.54) is 0 Å². The molecular formula is C16H13BrN4O. The molecule has 110 valence electrons. The molecule has 0 aromatic heterocycles. The van der Waals surface area contributed by atoms with Crippen LogP contribution in [0.2, 0.25) is 0 Å². The zero-order chi connectivity index (χ0) is 15.9. The molecule has 22 heavy (non-hydrogen) atoms. The molecule has 0 aliphatic heterocycles. The average Bonchev–Trinajstić information content (AvgIpc) is 2.51. The van der Waals surface area contributed by atoms with Gasteiger partial charge in [0.05, 0.1) is 0 Å². The predicted molar refractivity (Wildman–Crippen MR) is 89.7 cm³/mol. The van der Waals surface area contributed by atoms with E-state index in [-0.39, 0.29) is 11.4 Å². The van der Waals surface area contributed by atoms with Gasteiger partial charge in [-0.05, 0) is 36.4 Å². The third-order valence-corrected chi connectivity index (χ3v) is 3.29. The van der Waals surface area contributed by atoms with Gasteiger partial charge in [-0.3, -0.25) is 4.79 Å². The molecule has 0 unspecified atom stereocenters. The molecule has 2 rings (SSSR count). The van der Waals surface area contributed by atoms with Crippen molar-refractivity contribution in [3.63, 3.8) is 0 Å². The average molecular weight is 357 g/mol. The number of halogens is 1. The van der Waals surface area contributed by atoms with Crippen molar-refractivity contribution in [2.75, 3.05) is 10.6 Å². The van der Waals surface area contributed by atoms with Gasteiger partial charge in [-0.2, -0.15) is 5.26 Å². The Hall–Kier alpha value is -2.78. The van der Waals surface area contributed by atoms with Crippen molar-refractivity contribution in [2.45, 2.75) is 0 Å². The lowest BCUT2D eigenvalue weighted by Gasteiger charge is -2.09. The second-order valence-corrected chi connectivity index (χ2v) is 5.27. The van der Waals surface area contributed by atoms with E-state index in [4.69, 9.17) is 5.73 Å². The Morgan fingerprint density at radius 3 is 2.18 bits per heavy atom. The molecule has 0 saturated heterocycles. The smallest absolute Gasteiger partial charge is 0.270 e. The number of anilines is 2. The number of hydrogen-bond acceptors (Lipinski definition) is 4. The fraction of sp³-hybridized carbons (Fsp3) is 0. The minimum Gasteiger partial charge on any atom is -0.384 e. The lowest BCUT2D eigenvalue weighted by atomic mass is 10.2. The van der Waals surface area contributed by atoms with Gasteiger partial charge in [-0.1, -0.05) is 34.1 Å². The first-order valence-corrected chi connectivity index (χ1v) is 7.18. The molecule has 0 saturated carbocycles. The number of carbonyl (C=O) groups excluding carboxylic acids is 1. The summed E-state index contributed by atoms with van der Waals surface area (Å²) in [6.45, 7) is 0. The second-order valence-electron chi connectivity index (χ2n) is 4.35. The highest BCUT2D eigenvalue weighted by Crippen LogP contribution is 2.16. The number of nitrogens with one attached hydrogen (secondary N) is 2. The molecule has 0 spiro atoms. The molecule has 2 aromatic carbocycles. The van der Waals surface area contributed by atoms with Gasteiger partial charge in [-0.25, -0.2) is 0 Å². The SMILES string of the molecule is N#CC(C(=O)Nc1ccccc1)=C(N)Nc1ccc(Br)cc1. The molecule has 6 heteroatoms. The molecule has 2 aromatic rings. The van der Waals surface area contributed by atoms with Crippen LogP contribution >= 0.6 is 15.9 Å². The van der Waals surface area contributed by atoms with Gasteiger partial charge >= 0.3 is 0 Å². The molecule has 0 atom stereocenters. The summed E-state index contributed by atoms with van der Waals surface area (Å²) in [6.07, 6.45) is 0. The Labute approximate surface area is 136 Å². The van der Waals surface area contributed by atoms with Crippen LogP contribution in [0.4, 0.5) is 11.4 Å². The van der Waals surface area contributed by atoms with Gasteiger partial charge in [0.25, 0.3) is 5.91 Å². The van der Waals surface area contributed by atoms with E-state index < -0.39 is 5.91 Å². The quantitative estimate of drug-likeness (QED) is 0.579. The van der Waals surface area contributed by atoms with Crippen LogP contribution in [0.3, 0.4) is 0 Å². The van der Waals surface area contributed by atoms with Crippen LogP contribution in [0.1, 0.15) is 0 Å². The monoisotopic (exact) mass is 356 g/mol. The molecule has 0 radical (unpaired) electrons. The maximum absolute atomic E-state index is 12.1. The normalized spacial score (nSPS) is 11.1. The standard InChI is InChI=1S/C16H13BrN4O/c17-11-6-8-13(9-7-11)20-15(19)14(10-18)16(22)21-12-4-2-1-3-5-12/h1-9,20H,19H2,(H,21,22). The second kappa shape index (κ2) is 7.29. The molecule has 0 bridgehead atoms. The summed E-state index contributed by atoms with van der Waals surface area (Å²) in [4.78, 5) is 12.1. The number of hydrogen-bond donors (Lipinski definition) is 3. The molecule has 5 nitrogen and oxygen atoms in total. The zero-order valence-electron chi connectivity index (χ0n) is 11.5. The highest BCUT2D eigenvalue weighted by molar-refractivity contribution is 9.10. The first kappa shape index (κ1) is 15.6. The van der Waals surface area contributed by atoms with E-state index >= 15 is 0 Å². The van der Waals surface area contributed by atoms with Crippen LogP contribution in [0, 0.1) is 11.3 Å². The summed E-state index contributed by atoms with van der Waals surface area (Å²) in [6, 6.07) is 17.9. The minimum absolute atomic E-state index is 0.00162. The number of amides is 1. The first-order chi connectivity index (χ1) is 10.6. The highest BCUT2D eigenvalue weighted by Gasteiger charge is 2.14. The van der Waals surface area contributed by atoms with Crippen molar-refractivity contribution < 1.29 is 4.79 Å². The first-order valence-electron chi connectivity index (χ1n) is 6.39. The fourth-order valence-corrected chi connectivity index (χ4v) is 1.96. The van der Waals surface area contributed by atoms with Crippen LogP contribution in [0.25, 0.3) is 0 Å². The van der Waals surface area contributed by atoms with Crippen LogP contribution in [-0.4, -0.2) is 5.91 Å². The van der Waals surface area contributed by atoms with E-state index in [1.807, 2.05) is 24.3 Å². The number of rotatable bonds is 4. The van der Waals surface area contributed by atoms with Crippen molar-refractivity contribution in [3.05, 3.63) is 70.5 Å². The number of carbonyl (C=O) groups is 1. The van der Waals surface area contributed by atoms with E-state index in [0.29, 0.717) is 11.4 Å². The Morgan fingerprint density at radius 2 is 1.59 bits per heavy atom. The maximum Gasteiger partial charge on any atom is 0.270 e. The number of nitriles is 1. The van der Waals surface area contributed by atoms with Crippen molar-refractivity contribution >= 4 is 33.2 Å². The number of nitrogens with two attached hydrogens (primary N) is 1. The van der Waals surface area contributed by atoms with E-state index in [2.05, 4.69) is 26.6 Å². The molecule has 1 amide bonds. The van der Waals surface area contributed by atoms with Crippen LogP contribution < -0.4 is 16.4 Å². The molecule has 0 aliphatic carbocycles. The van der Waals surface area contributed by atoms with Gasteiger partial charge in [0.15, 0.2) is 5.57 Å². The highest BCUT2D eigenvalue weighted by atomic mass is 79.9. The zero-order valence-corrected chi connectivity index (χ0v) is 13.1. The summed E-state index contributed by atoms with van der Waals surface area (Å²) in [7, 11) is 0. The number of benzene rings is 2. The van der Waals surface area contributed by atoms with Gasteiger partial charge in [0.2, 0.25) is 0 Å². The molecule has 0 aliphatic rings. The van der Waals surface area contributed by atoms with Gasteiger partial charge < -0.3 is 16.4 Å². The molecule has 0 fully saturated rings. The van der Waals surface area contributed by atoms with Crippen molar-refractivity contribution in [3.8, 4) is 6.07 Å². The van der Waals surface area contributed by atoms with Gasteiger partial charge in [-0.15, -0.1) is 0 Å². The number of para-hydroxylation sites is 1. The summed E-state index contributed by atoms with van der Waals surface area (Å²) < 4.78 is 0.919. The fourth-order valence-electron chi connectivity index (χ4n) is 1.70. The number of nitrogens with zero attached hydrogens (tertiary/aromatic N) is 1. The van der Waals surface area contributed by atoms with E-state index in [0.717, 1.165) is 4.47 Å². The lowest BCUT2D eigenvalue weighted by molar-refractivity contribution is -0.112. The largest absolute Gasteiger partial charge is 0.384 e. The van der Waals surface area contributed by atoms with Gasteiger partial charge in [0, 0.05) is 15.8 Å². The van der Waals surface area contributed by atoms with Gasteiger partial charge in [0.1, 0.15) is 11.9 Å². The summed E-state index contributed by atoms with van der Waals surface area (Å²) in [5, 5.41) is 14.6. The van der Waals surface area contributed by atoms with E-state index in [1.54, 1.807) is 36.4 Å². The summed E-state index contributed by atoms with van der Waals surface area (Å²) in [5.41, 5.74) is 6.93. The van der Waals surface area contributed by atoms with Crippen LogP contribution in [-0.2, 0) is 4.79 Å². The van der Waals surface area contributed by atoms with Crippen molar-refractivity contribution in [1.82, 2.24) is 0 Å². The maximum atomic E-state index is 12.1. The Morgan fingerprint density at radius 1 is 1.00 bits per heavy atom. The summed E-state index contributed by atoms with van der Waals surface area (Å²) >= 11 is 3.33. The minimum atomic E-state index is -0.559. The topological polar surface area (TPSA) is 90.9 Å². The van der Waals surface area contributed by atoms with Crippen molar-refractivity contribution in [2.24, 2.45) is 5.73 Å². The Kier molecular flexibility index (Phi) is 5.17. The Balaban J connectivity index is 2.16.